The Morgan fingerprint density at radius 2 is 1.61 bits per heavy atom. The van der Waals surface area contributed by atoms with Crippen LogP contribution in [-0.4, -0.2) is 18.8 Å². The Morgan fingerprint density at radius 3 is 2.25 bits per heavy atom. The highest BCUT2D eigenvalue weighted by molar-refractivity contribution is 6.52. The number of nitrogens with zero attached hydrogens (tertiary/aromatic N) is 2. The first-order chi connectivity index (χ1) is 13.6. The van der Waals surface area contributed by atoms with Crippen LogP contribution in [0.1, 0.15) is 21.5 Å². The molecule has 0 N–H and O–H groups in total. The van der Waals surface area contributed by atoms with Gasteiger partial charge in [-0.3, -0.25) is 9.59 Å². The van der Waals surface area contributed by atoms with Crippen LogP contribution in [-0.2, 0) is 11.3 Å². The fourth-order valence-corrected chi connectivity index (χ4v) is 3.29. The second kappa shape index (κ2) is 7.01. The largest absolute Gasteiger partial charge is 0.497 e. The Morgan fingerprint density at radius 1 is 0.929 bits per heavy atom. The van der Waals surface area contributed by atoms with Crippen LogP contribution >= 0.6 is 0 Å². The normalized spacial score (nSPS) is 12.6. The first kappa shape index (κ1) is 17.5. The molecule has 3 aromatic rings. The van der Waals surface area contributed by atoms with E-state index in [2.05, 4.69) is 6.07 Å². The minimum atomic E-state index is -0.536. The van der Waals surface area contributed by atoms with Crippen molar-refractivity contribution in [1.82, 2.24) is 0 Å². The number of anilines is 1. The number of fused-ring (bicyclic) bond motifs is 1. The number of nitriles is 1. The molecule has 0 atom stereocenters. The van der Waals surface area contributed by atoms with Gasteiger partial charge in [0.1, 0.15) is 5.75 Å². The summed E-state index contributed by atoms with van der Waals surface area (Å²) >= 11 is 0. The number of methoxy groups -OCH3 is 1. The number of benzene rings is 3. The molecular formula is C23H16N2O3. The number of hydrogen-bond acceptors (Lipinski definition) is 4. The van der Waals surface area contributed by atoms with Gasteiger partial charge in [0.2, 0.25) is 0 Å². The predicted molar refractivity (Wildman–Crippen MR) is 105 cm³/mol. The highest BCUT2D eigenvalue weighted by Crippen LogP contribution is 2.34. The van der Waals surface area contributed by atoms with Gasteiger partial charge in [-0.2, -0.15) is 5.26 Å². The van der Waals surface area contributed by atoms with Crippen molar-refractivity contribution in [3.8, 4) is 22.9 Å². The van der Waals surface area contributed by atoms with Crippen molar-refractivity contribution in [2.45, 2.75) is 6.54 Å². The van der Waals surface area contributed by atoms with Crippen LogP contribution in [0.15, 0.2) is 66.7 Å². The Hall–Kier alpha value is -3.91. The van der Waals surface area contributed by atoms with E-state index < -0.39 is 11.7 Å². The lowest BCUT2D eigenvalue weighted by atomic mass is 10.0. The lowest BCUT2D eigenvalue weighted by molar-refractivity contribution is -0.114. The van der Waals surface area contributed by atoms with E-state index >= 15 is 0 Å². The van der Waals surface area contributed by atoms with Crippen LogP contribution in [0.5, 0.6) is 5.75 Å². The molecule has 1 aliphatic heterocycles. The van der Waals surface area contributed by atoms with Crippen LogP contribution in [0, 0.1) is 11.3 Å². The zero-order chi connectivity index (χ0) is 19.7. The summed E-state index contributed by atoms with van der Waals surface area (Å²) in [7, 11) is 1.61. The molecule has 0 saturated heterocycles. The maximum Gasteiger partial charge on any atom is 0.299 e. The molecule has 0 saturated carbocycles. The molecule has 5 nitrogen and oxygen atoms in total. The molecule has 0 unspecified atom stereocenters. The van der Waals surface area contributed by atoms with E-state index in [1.54, 1.807) is 43.5 Å². The number of carbonyl (C=O) groups is 2. The Kier molecular flexibility index (Phi) is 4.38. The minimum absolute atomic E-state index is 0.283. The molecule has 1 amide bonds. The van der Waals surface area contributed by atoms with Crippen LogP contribution in [0.25, 0.3) is 11.1 Å². The number of amides is 1. The molecule has 136 valence electrons. The van der Waals surface area contributed by atoms with Crippen molar-refractivity contribution in [3.63, 3.8) is 0 Å². The van der Waals surface area contributed by atoms with Crippen molar-refractivity contribution < 1.29 is 14.3 Å². The average molecular weight is 368 g/mol. The van der Waals surface area contributed by atoms with Gasteiger partial charge in [0, 0.05) is 0 Å². The van der Waals surface area contributed by atoms with Gasteiger partial charge in [-0.1, -0.05) is 30.3 Å². The topological polar surface area (TPSA) is 70.4 Å². The summed E-state index contributed by atoms with van der Waals surface area (Å²) in [6, 6.07) is 22.1. The van der Waals surface area contributed by atoms with Gasteiger partial charge < -0.3 is 9.64 Å². The third kappa shape index (κ3) is 3.01. The van der Waals surface area contributed by atoms with Gasteiger partial charge in [0.05, 0.1) is 36.5 Å². The molecule has 4 rings (SSSR count). The number of hydrogen-bond donors (Lipinski definition) is 0. The molecule has 0 aliphatic carbocycles. The van der Waals surface area contributed by atoms with Crippen LogP contribution in [0.4, 0.5) is 5.69 Å². The number of ether oxygens (including phenoxy) is 1. The highest BCUT2D eigenvalue weighted by atomic mass is 16.5. The molecule has 5 heteroatoms. The number of rotatable bonds is 4. The third-order valence-electron chi connectivity index (χ3n) is 4.82. The van der Waals surface area contributed by atoms with Gasteiger partial charge in [-0.15, -0.1) is 0 Å². The Labute approximate surface area is 162 Å². The lowest BCUT2D eigenvalue weighted by Gasteiger charge is -2.17. The van der Waals surface area contributed by atoms with Crippen molar-refractivity contribution >= 4 is 17.4 Å². The summed E-state index contributed by atoms with van der Waals surface area (Å²) in [5.74, 6) is -0.282. The van der Waals surface area contributed by atoms with Crippen LogP contribution in [0.3, 0.4) is 0 Å². The molecule has 3 aromatic carbocycles. The van der Waals surface area contributed by atoms with Crippen molar-refractivity contribution in [3.05, 3.63) is 83.4 Å². The van der Waals surface area contributed by atoms with Crippen molar-refractivity contribution in [1.29, 1.82) is 5.26 Å². The minimum Gasteiger partial charge on any atom is -0.497 e. The van der Waals surface area contributed by atoms with Crippen molar-refractivity contribution in [2.75, 3.05) is 12.0 Å². The van der Waals surface area contributed by atoms with Gasteiger partial charge >= 0.3 is 0 Å². The zero-order valence-corrected chi connectivity index (χ0v) is 15.2. The Balaban J connectivity index is 1.65. The van der Waals surface area contributed by atoms with E-state index in [1.165, 1.54) is 4.90 Å². The van der Waals surface area contributed by atoms with Gasteiger partial charge in [-0.25, -0.2) is 0 Å². The summed E-state index contributed by atoms with van der Waals surface area (Å²) in [6.07, 6.45) is 0. The quantitative estimate of drug-likeness (QED) is 0.654. The third-order valence-corrected chi connectivity index (χ3v) is 4.82. The molecule has 0 radical (unpaired) electrons. The molecule has 28 heavy (non-hydrogen) atoms. The molecular weight excluding hydrogens is 352 g/mol. The van der Waals surface area contributed by atoms with Crippen molar-refractivity contribution in [2.24, 2.45) is 0 Å². The second-order valence-electron chi connectivity index (χ2n) is 6.49. The summed E-state index contributed by atoms with van der Waals surface area (Å²) in [5, 5.41) is 8.90. The van der Waals surface area contributed by atoms with E-state index in [9.17, 15) is 9.59 Å². The van der Waals surface area contributed by atoms with E-state index in [-0.39, 0.29) is 6.54 Å². The second-order valence-corrected chi connectivity index (χ2v) is 6.49. The van der Waals surface area contributed by atoms with Gasteiger partial charge in [0.25, 0.3) is 11.7 Å². The summed E-state index contributed by atoms with van der Waals surface area (Å²) in [6.45, 7) is 0.283. The number of carbonyl (C=O) groups excluding carboxylic acids is 2. The number of ketones is 1. The standard InChI is InChI=1S/C23H16N2O3/c1-28-19-9-6-17(7-10-19)18-8-11-21-20(12-18)22(26)23(27)25(21)14-16-4-2-15(13-24)3-5-16/h2-12H,14H2,1H3. The zero-order valence-electron chi connectivity index (χ0n) is 15.2. The fourth-order valence-electron chi connectivity index (χ4n) is 3.29. The Bertz CT molecular complexity index is 1110. The van der Waals surface area contributed by atoms with E-state index in [0.717, 1.165) is 22.4 Å². The predicted octanol–water partition coefficient (Wildman–Crippen LogP) is 3.96. The number of Topliss-reactive ketones (excluding diaryl/α,β-unsaturated/α-hetero) is 1. The molecule has 1 aliphatic rings. The van der Waals surface area contributed by atoms with Crippen LogP contribution < -0.4 is 9.64 Å². The van der Waals surface area contributed by atoms with Gasteiger partial charge in [0.15, 0.2) is 0 Å². The maximum atomic E-state index is 12.5. The highest BCUT2D eigenvalue weighted by Gasteiger charge is 2.35. The molecule has 0 bridgehead atoms. The van der Waals surface area contributed by atoms with E-state index in [1.807, 2.05) is 30.3 Å². The maximum absolute atomic E-state index is 12.5. The first-order valence-electron chi connectivity index (χ1n) is 8.74. The first-order valence-corrected chi connectivity index (χ1v) is 8.74. The van der Waals surface area contributed by atoms with Crippen LogP contribution in [0.2, 0.25) is 0 Å². The summed E-state index contributed by atoms with van der Waals surface area (Å²) in [4.78, 5) is 26.5. The van der Waals surface area contributed by atoms with E-state index in [0.29, 0.717) is 16.8 Å². The molecule has 0 fully saturated rings. The van der Waals surface area contributed by atoms with Gasteiger partial charge in [-0.05, 0) is 53.1 Å². The smallest absolute Gasteiger partial charge is 0.299 e. The van der Waals surface area contributed by atoms with E-state index in [4.69, 9.17) is 10.00 Å². The average Bonchev–Trinajstić information content (AvgIpc) is 2.98. The molecule has 0 spiro atoms. The summed E-state index contributed by atoms with van der Waals surface area (Å²) in [5.41, 5.74) is 4.23. The monoisotopic (exact) mass is 368 g/mol. The lowest BCUT2D eigenvalue weighted by Crippen LogP contribution is -2.29. The SMILES string of the molecule is COc1ccc(-c2ccc3c(c2)C(=O)C(=O)N3Cc2ccc(C#N)cc2)cc1. The summed E-state index contributed by atoms with van der Waals surface area (Å²) < 4.78 is 5.17. The molecule has 0 aromatic heterocycles. The fraction of sp³-hybridized carbons (Fsp3) is 0.0870. The molecule has 1 heterocycles.